The Hall–Kier alpha value is -1.75. The smallest absolute Gasteiger partial charge is 0.412 e. The molecule has 0 bridgehead atoms. The van der Waals surface area contributed by atoms with Crippen LogP contribution in [-0.2, 0) is 10.2 Å². The van der Waals surface area contributed by atoms with E-state index in [9.17, 15) is 9.90 Å². The molecule has 0 aromatic heterocycles. The van der Waals surface area contributed by atoms with Crippen LogP contribution in [0.1, 0.15) is 40.2 Å². The molecule has 0 spiro atoms. The van der Waals surface area contributed by atoms with E-state index in [4.69, 9.17) is 10.5 Å². The molecule has 0 unspecified atom stereocenters. The number of nitrogens with one attached hydrogen (secondary N) is 1. The third-order valence-electron chi connectivity index (χ3n) is 2.93. The highest BCUT2D eigenvalue weighted by Crippen LogP contribution is 2.30. The second-order valence-corrected chi connectivity index (χ2v) is 6.45. The summed E-state index contributed by atoms with van der Waals surface area (Å²) in [5.41, 5.74) is 6.11. The summed E-state index contributed by atoms with van der Waals surface area (Å²) in [5, 5.41) is 12.5. The van der Waals surface area contributed by atoms with E-state index in [0.717, 1.165) is 5.56 Å². The van der Waals surface area contributed by atoms with E-state index in [2.05, 4.69) is 5.32 Å². The molecule has 1 aromatic rings. The van der Waals surface area contributed by atoms with Crippen molar-refractivity contribution in [1.82, 2.24) is 0 Å². The highest BCUT2D eigenvalue weighted by molar-refractivity contribution is 5.87. The van der Waals surface area contributed by atoms with Crippen LogP contribution >= 0.6 is 0 Å². The first-order valence-corrected chi connectivity index (χ1v) is 6.59. The molecular formula is C15H24N2O3. The van der Waals surface area contributed by atoms with Gasteiger partial charge in [-0.05, 0) is 38.5 Å². The average molecular weight is 280 g/mol. The number of amides is 1. The summed E-state index contributed by atoms with van der Waals surface area (Å²) in [4.78, 5) is 11.7. The number of aromatic hydroxyl groups is 1. The Morgan fingerprint density at radius 2 is 1.90 bits per heavy atom. The van der Waals surface area contributed by atoms with E-state index in [1.165, 1.54) is 0 Å². The molecular weight excluding hydrogens is 256 g/mol. The molecule has 0 aliphatic rings. The number of hydrogen-bond donors (Lipinski definition) is 3. The van der Waals surface area contributed by atoms with E-state index < -0.39 is 11.7 Å². The van der Waals surface area contributed by atoms with Crippen LogP contribution in [0.4, 0.5) is 10.5 Å². The first-order valence-electron chi connectivity index (χ1n) is 6.59. The number of anilines is 1. The highest BCUT2D eigenvalue weighted by Gasteiger charge is 2.21. The van der Waals surface area contributed by atoms with Crippen molar-refractivity contribution in [3.63, 3.8) is 0 Å². The zero-order chi connectivity index (χ0) is 15.6. The molecule has 0 aliphatic heterocycles. The fourth-order valence-corrected chi connectivity index (χ4v) is 1.59. The summed E-state index contributed by atoms with van der Waals surface area (Å²) in [6.45, 7) is 9.77. The maximum atomic E-state index is 11.7. The third-order valence-corrected chi connectivity index (χ3v) is 2.93. The molecule has 0 saturated heterocycles. The molecule has 1 aromatic carbocycles. The number of phenolic OH excluding ortho intramolecular Hbond substituents is 1. The van der Waals surface area contributed by atoms with Gasteiger partial charge in [-0.2, -0.15) is 0 Å². The van der Waals surface area contributed by atoms with Crippen molar-refractivity contribution in [1.29, 1.82) is 0 Å². The Morgan fingerprint density at radius 3 is 2.35 bits per heavy atom. The number of benzene rings is 1. The standard InChI is InChI=1S/C15H24N2O3/c1-14(2,3)20-13(19)17-11-7-6-10(8-12(11)18)15(4,5)9-16/h6-8,18H,9,16H2,1-5H3,(H,17,19). The van der Waals surface area contributed by atoms with Gasteiger partial charge in [0.25, 0.3) is 0 Å². The van der Waals surface area contributed by atoms with Gasteiger partial charge in [0.15, 0.2) is 0 Å². The quantitative estimate of drug-likeness (QED) is 0.743. The van der Waals surface area contributed by atoms with Gasteiger partial charge in [-0.15, -0.1) is 0 Å². The summed E-state index contributed by atoms with van der Waals surface area (Å²) >= 11 is 0. The largest absolute Gasteiger partial charge is 0.506 e. The molecule has 0 atom stereocenters. The number of carbonyl (C=O) groups is 1. The second kappa shape index (κ2) is 5.71. The van der Waals surface area contributed by atoms with E-state index in [1.807, 2.05) is 19.9 Å². The van der Waals surface area contributed by atoms with Crippen LogP contribution in [0, 0.1) is 0 Å². The van der Waals surface area contributed by atoms with Gasteiger partial charge in [0.1, 0.15) is 11.4 Å². The van der Waals surface area contributed by atoms with Crippen LogP contribution in [0.5, 0.6) is 5.75 Å². The lowest BCUT2D eigenvalue weighted by atomic mass is 9.84. The normalized spacial score (nSPS) is 12.1. The van der Waals surface area contributed by atoms with Gasteiger partial charge in [-0.25, -0.2) is 4.79 Å². The van der Waals surface area contributed by atoms with Gasteiger partial charge in [0.2, 0.25) is 0 Å². The van der Waals surface area contributed by atoms with E-state index in [0.29, 0.717) is 12.2 Å². The highest BCUT2D eigenvalue weighted by atomic mass is 16.6. The van der Waals surface area contributed by atoms with Gasteiger partial charge < -0.3 is 15.6 Å². The maximum Gasteiger partial charge on any atom is 0.412 e. The average Bonchev–Trinajstić information content (AvgIpc) is 2.29. The molecule has 0 fully saturated rings. The van der Waals surface area contributed by atoms with Crippen LogP contribution in [0.2, 0.25) is 0 Å². The third kappa shape index (κ3) is 4.42. The predicted molar refractivity (Wildman–Crippen MR) is 80.0 cm³/mol. The molecule has 112 valence electrons. The van der Waals surface area contributed by atoms with Gasteiger partial charge in [-0.3, -0.25) is 5.32 Å². The minimum absolute atomic E-state index is 0.00474. The van der Waals surface area contributed by atoms with Crippen molar-refractivity contribution in [3.8, 4) is 5.75 Å². The van der Waals surface area contributed by atoms with Crippen LogP contribution < -0.4 is 11.1 Å². The fourth-order valence-electron chi connectivity index (χ4n) is 1.59. The number of hydrogen-bond acceptors (Lipinski definition) is 4. The minimum atomic E-state index is -0.598. The Bertz CT molecular complexity index is 490. The lowest BCUT2D eigenvalue weighted by molar-refractivity contribution is 0.0635. The summed E-state index contributed by atoms with van der Waals surface area (Å²) in [6.07, 6.45) is -0.598. The number of nitrogens with two attached hydrogens (primary N) is 1. The fraction of sp³-hybridized carbons (Fsp3) is 0.533. The summed E-state index contributed by atoms with van der Waals surface area (Å²) < 4.78 is 5.13. The van der Waals surface area contributed by atoms with E-state index in [1.54, 1.807) is 32.9 Å². The van der Waals surface area contributed by atoms with Crippen molar-refractivity contribution in [2.24, 2.45) is 5.73 Å². The van der Waals surface area contributed by atoms with Gasteiger partial charge in [0, 0.05) is 12.0 Å². The SMILES string of the molecule is CC(C)(C)OC(=O)Nc1ccc(C(C)(C)CN)cc1O. The molecule has 0 heterocycles. The summed E-state index contributed by atoms with van der Waals surface area (Å²) in [6, 6.07) is 5.09. The zero-order valence-electron chi connectivity index (χ0n) is 12.8. The molecule has 1 rings (SSSR count). The first kappa shape index (κ1) is 16.3. The van der Waals surface area contributed by atoms with Gasteiger partial charge in [-0.1, -0.05) is 19.9 Å². The molecule has 4 N–H and O–H groups in total. The van der Waals surface area contributed by atoms with Crippen molar-refractivity contribution >= 4 is 11.8 Å². The van der Waals surface area contributed by atoms with E-state index in [-0.39, 0.29) is 11.2 Å². The molecule has 20 heavy (non-hydrogen) atoms. The Labute approximate surface area is 120 Å². The molecule has 5 nitrogen and oxygen atoms in total. The summed E-state index contributed by atoms with van der Waals surface area (Å²) in [5.74, 6) is -0.00474. The number of carbonyl (C=O) groups excluding carboxylic acids is 1. The Balaban J connectivity index is 2.87. The summed E-state index contributed by atoms with van der Waals surface area (Å²) in [7, 11) is 0. The van der Waals surface area contributed by atoms with Crippen molar-refractivity contribution in [2.75, 3.05) is 11.9 Å². The molecule has 1 amide bonds. The van der Waals surface area contributed by atoms with Gasteiger partial charge >= 0.3 is 6.09 Å². The van der Waals surface area contributed by atoms with Crippen LogP contribution in [0.25, 0.3) is 0 Å². The predicted octanol–water partition coefficient (Wildman–Crippen LogP) is 2.98. The van der Waals surface area contributed by atoms with Crippen molar-refractivity contribution in [2.45, 2.75) is 45.6 Å². The molecule has 5 heteroatoms. The molecule has 0 saturated carbocycles. The molecule has 0 radical (unpaired) electrons. The molecule has 0 aliphatic carbocycles. The van der Waals surface area contributed by atoms with Gasteiger partial charge in [0.05, 0.1) is 5.69 Å². The minimum Gasteiger partial charge on any atom is -0.506 e. The second-order valence-electron chi connectivity index (χ2n) is 6.45. The maximum absolute atomic E-state index is 11.7. The first-order chi connectivity index (χ1) is 9.05. The lowest BCUT2D eigenvalue weighted by Gasteiger charge is -2.24. The zero-order valence-corrected chi connectivity index (χ0v) is 12.8. The van der Waals surface area contributed by atoms with Crippen LogP contribution in [-0.4, -0.2) is 23.3 Å². The monoisotopic (exact) mass is 280 g/mol. The topological polar surface area (TPSA) is 84.6 Å². The van der Waals surface area contributed by atoms with E-state index >= 15 is 0 Å². The Kier molecular flexibility index (Phi) is 4.65. The number of phenols is 1. The lowest BCUT2D eigenvalue weighted by Crippen LogP contribution is -2.28. The van der Waals surface area contributed by atoms with Crippen molar-refractivity contribution < 1.29 is 14.6 Å². The Morgan fingerprint density at radius 1 is 1.30 bits per heavy atom. The number of rotatable bonds is 3. The number of ether oxygens (including phenoxy) is 1. The van der Waals surface area contributed by atoms with Crippen LogP contribution in [0.15, 0.2) is 18.2 Å². The van der Waals surface area contributed by atoms with Crippen LogP contribution in [0.3, 0.4) is 0 Å². The van der Waals surface area contributed by atoms with Crippen molar-refractivity contribution in [3.05, 3.63) is 23.8 Å².